The number of fused-ring (bicyclic) bond motifs is 2. The van der Waals surface area contributed by atoms with Crippen LogP contribution in [0, 0.1) is 17.3 Å². The molecule has 2 aliphatic heterocycles. The predicted octanol–water partition coefficient (Wildman–Crippen LogP) is 3.38. The van der Waals surface area contributed by atoms with Crippen molar-refractivity contribution >= 4 is 17.4 Å². The number of amides is 1. The van der Waals surface area contributed by atoms with E-state index in [1.807, 2.05) is 24.3 Å². The second-order valence-electron chi connectivity index (χ2n) is 8.59. The summed E-state index contributed by atoms with van der Waals surface area (Å²) in [5, 5.41) is 6.79. The van der Waals surface area contributed by atoms with Crippen molar-refractivity contribution in [3.63, 3.8) is 0 Å². The van der Waals surface area contributed by atoms with E-state index in [9.17, 15) is 9.59 Å². The summed E-state index contributed by atoms with van der Waals surface area (Å²) in [7, 11) is 0. The number of carbonyl (C=O) groups excluding carboxylic acids is 2. The highest BCUT2D eigenvalue weighted by molar-refractivity contribution is 6.06. The Morgan fingerprint density at radius 2 is 1.88 bits per heavy atom. The number of nitrogens with one attached hydrogen (secondary N) is 2. The molecule has 0 spiro atoms. The molecule has 2 fully saturated rings. The summed E-state index contributed by atoms with van der Waals surface area (Å²) in [4.78, 5) is 26.0. The first-order valence-electron chi connectivity index (χ1n) is 9.03. The Morgan fingerprint density at radius 3 is 2.67 bits per heavy atom. The third kappa shape index (κ3) is 2.23. The smallest absolute Gasteiger partial charge is 0.230 e. The molecule has 1 saturated carbocycles. The van der Waals surface area contributed by atoms with E-state index in [4.69, 9.17) is 0 Å². The fraction of sp³-hybridized carbons (Fsp3) is 0.600. The number of benzene rings is 1. The predicted molar refractivity (Wildman–Crippen MR) is 94.0 cm³/mol. The highest BCUT2D eigenvalue weighted by Crippen LogP contribution is 2.52. The van der Waals surface area contributed by atoms with Crippen molar-refractivity contribution < 1.29 is 9.59 Å². The number of rotatable bonds is 0. The van der Waals surface area contributed by atoms with Gasteiger partial charge >= 0.3 is 0 Å². The molecule has 3 aliphatic rings. The molecule has 4 nitrogen and oxygen atoms in total. The number of piperidine rings is 1. The molecule has 1 aromatic carbocycles. The third-order valence-electron chi connectivity index (χ3n) is 6.83. The lowest BCUT2D eigenvalue weighted by atomic mass is 9.55. The van der Waals surface area contributed by atoms with Gasteiger partial charge in [0.15, 0.2) is 5.78 Å². The van der Waals surface area contributed by atoms with Gasteiger partial charge in [-0.25, -0.2) is 0 Å². The van der Waals surface area contributed by atoms with Crippen LogP contribution < -0.4 is 10.6 Å². The van der Waals surface area contributed by atoms with Crippen molar-refractivity contribution in [2.45, 2.75) is 58.0 Å². The molecule has 1 aliphatic carbocycles. The van der Waals surface area contributed by atoms with Crippen LogP contribution in [-0.2, 0) is 4.79 Å². The van der Waals surface area contributed by atoms with Gasteiger partial charge in [0, 0.05) is 23.6 Å². The molecular weight excluding hydrogens is 300 g/mol. The number of carbonyl (C=O) groups is 2. The maximum atomic E-state index is 13.1. The van der Waals surface area contributed by atoms with Crippen LogP contribution in [0.4, 0.5) is 5.69 Å². The van der Waals surface area contributed by atoms with Gasteiger partial charge in [0.1, 0.15) is 0 Å². The number of para-hydroxylation sites is 1. The van der Waals surface area contributed by atoms with Crippen molar-refractivity contribution in [2.75, 3.05) is 5.32 Å². The summed E-state index contributed by atoms with van der Waals surface area (Å²) in [5.41, 5.74) is 0.901. The first-order chi connectivity index (χ1) is 11.3. The van der Waals surface area contributed by atoms with Crippen molar-refractivity contribution in [2.24, 2.45) is 17.3 Å². The lowest BCUT2D eigenvalue weighted by Gasteiger charge is -2.56. The van der Waals surface area contributed by atoms with Crippen molar-refractivity contribution in [3.8, 4) is 0 Å². The Balaban J connectivity index is 1.81. The second-order valence-corrected chi connectivity index (χ2v) is 8.59. The first kappa shape index (κ1) is 15.8. The number of hydrogen-bond donors (Lipinski definition) is 2. The fourth-order valence-electron chi connectivity index (χ4n) is 5.19. The van der Waals surface area contributed by atoms with Gasteiger partial charge in [0.05, 0.1) is 11.1 Å². The Bertz CT molecular complexity index is 711. The van der Waals surface area contributed by atoms with E-state index >= 15 is 0 Å². The Morgan fingerprint density at radius 1 is 1.12 bits per heavy atom. The van der Waals surface area contributed by atoms with Crippen LogP contribution in [0.5, 0.6) is 0 Å². The van der Waals surface area contributed by atoms with Crippen molar-refractivity contribution in [3.05, 3.63) is 29.8 Å². The number of Topliss-reactive ketones (excluding diaryl/α,β-unsaturated/α-hetero) is 1. The van der Waals surface area contributed by atoms with E-state index in [0.717, 1.165) is 19.3 Å². The Hall–Kier alpha value is -1.68. The van der Waals surface area contributed by atoms with Gasteiger partial charge < -0.3 is 10.6 Å². The van der Waals surface area contributed by atoms with Gasteiger partial charge in [-0.3, -0.25) is 9.59 Å². The molecule has 1 aromatic rings. The van der Waals surface area contributed by atoms with Crippen molar-refractivity contribution in [1.82, 2.24) is 5.32 Å². The second kappa shape index (κ2) is 5.16. The molecule has 1 amide bonds. The summed E-state index contributed by atoms with van der Waals surface area (Å²) in [6.45, 7) is 6.57. The van der Waals surface area contributed by atoms with Gasteiger partial charge in [-0.2, -0.15) is 0 Å². The SMILES string of the molecule is CC1(C)NC2CC(=O)c3ccccc3NC(=O)[C@]3(C)CCC1CC23. The fourth-order valence-corrected chi connectivity index (χ4v) is 5.19. The quantitative estimate of drug-likeness (QED) is 0.768. The average molecular weight is 326 g/mol. The van der Waals surface area contributed by atoms with E-state index in [0.29, 0.717) is 23.6 Å². The monoisotopic (exact) mass is 326 g/mol. The van der Waals surface area contributed by atoms with Gasteiger partial charge in [-0.15, -0.1) is 0 Å². The van der Waals surface area contributed by atoms with E-state index in [2.05, 4.69) is 31.4 Å². The molecular formula is C20H26N2O2. The zero-order chi connectivity index (χ0) is 17.1. The summed E-state index contributed by atoms with van der Waals surface area (Å²) in [5.74, 6) is 0.965. The largest absolute Gasteiger partial charge is 0.325 e. The van der Waals surface area contributed by atoms with Crippen LogP contribution >= 0.6 is 0 Å². The minimum Gasteiger partial charge on any atom is -0.325 e. The van der Waals surface area contributed by atoms with Gasteiger partial charge in [-0.1, -0.05) is 19.1 Å². The summed E-state index contributed by atoms with van der Waals surface area (Å²) >= 11 is 0. The molecule has 4 heteroatoms. The van der Waals surface area contributed by atoms with Crippen LogP contribution in [-0.4, -0.2) is 23.3 Å². The van der Waals surface area contributed by atoms with E-state index < -0.39 is 5.41 Å². The van der Waals surface area contributed by atoms with E-state index in [-0.39, 0.29) is 29.2 Å². The lowest BCUT2D eigenvalue weighted by Crippen LogP contribution is -2.65. The molecule has 2 heterocycles. The molecule has 2 N–H and O–H groups in total. The molecule has 3 unspecified atom stereocenters. The van der Waals surface area contributed by atoms with Gasteiger partial charge in [0.2, 0.25) is 5.91 Å². The number of ketones is 1. The average Bonchev–Trinajstić information content (AvgIpc) is 2.56. The van der Waals surface area contributed by atoms with Crippen LogP contribution in [0.25, 0.3) is 0 Å². The summed E-state index contributed by atoms with van der Waals surface area (Å²) < 4.78 is 0. The maximum absolute atomic E-state index is 13.1. The van der Waals surface area contributed by atoms with Gasteiger partial charge in [0.25, 0.3) is 0 Å². The molecule has 4 rings (SSSR count). The highest BCUT2D eigenvalue weighted by Gasteiger charge is 2.55. The van der Waals surface area contributed by atoms with Crippen LogP contribution in [0.2, 0.25) is 0 Å². The third-order valence-corrected chi connectivity index (χ3v) is 6.83. The zero-order valence-electron chi connectivity index (χ0n) is 14.7. The molecule has 128 valence electrons. The minimum absolute atomic E-state index is 0.0207. The zero-order valence-corrected chi connectivity index (χ0v) is 14.7. The number of hydrogen-bond acceptors (Lipinski definition) is 3. The summed E-state index contributed by atoms with van der Waals surface area (Å²) in [6, 6.07) is 7.46. The normalized spacial score (nSPS) is 37.5. The highest BCUT2D eigenvalue weighted by atomic mass is 16.2. The lowest BCUT2D eigenvalue weighted by molar-refractivity contribution is -0.135. The number of anilines is 1. The molecule has 0 aromatic heterocycles. The van der Waals surface area contributed by atoms with Gasteiger partial charge in [-0.05, 0) is 57.1 Å². The molecule has 24 heavy (non-hydrogen) atoms. The standard InChI is InChI=1S/C20H26N2O2/c1-19(2)12-8-9-20(3)14(10-12)16(22-19)11-17(23)13-6-4-5-7-15(13)21-18(20)24/h4-7,12,14,16,22H,8-11H2,1-3H3,(H,21,24)/t12?,14?,16?,20-/m1/s1. The molecule has 4 atom stereocenters. The summed E-state index contributed by atoms with van der Waals surface area (Å²) in [6.07, 6.45) is 3.44. The van der Waals surface area contributed by atoms with Crippen molar-refractivity contribution in [1.29, 1.82) is 0 Å². The Labute approximate surface area is 143 Å². The van der Waals surface area contributed by atoms with Crippen LogP contribution in [0.15, 0.2) is 24.3 Å². The van der Waals surface area contributed by atoms with Crippen LogP contribution in [0.3, 0.4) is 0 Å². The minimum atomic E-state index is -0.414. The molecule has 1 saturated heterocycles. The topological polar surface area (TPSA) is 58.2 Å². The maximum Gasteiger partial charge on any atom is 0.230 e. The van der Waals surface area contributed by atoms with Crippen LogP contribution in [0.1, 0.15) is 56.8 Å². The van der Waals surface area contributed by atoms with E-state index in [1.165, 1.54) is 0 Å². The first-order valence-corrected chi connectivity index (χ1v) is 9.03. The Kier molecular flexibility index (Phi) is 3.40. The van der Waals surface area contributed by atoms with E-state index in [1.54, 1.807) is 0 Å². The molecule has 0 radical (unpaired) electrons. The molecule has 2 bridgehead atoms.